The molecule has 0 aliphatic carbocycles. The molecule has 4 amide bonds. The van der Waals surface area contributed by atoms with Gasteiger partial charge in [0.25, 0.3) is 0 Å². The Balaban J connectivity index is 1.42. The molecule has 3 aromatic carbocycles. The number of ether oxygens (including phenoxy) is 1. The van der Waals surface area contributed by atoms with E-state index in [1.54, 1.807) is 34.6 Å². The summed E-state index contributed by atoms with van der Waals surface area (Å²) in [5.41, 5.74) is 2.24. The molecule has 11 heteroatoms. The number of H-pyrrole nitrogens is 2. The number of carbonyl (C=O) groups is 4. The summed E-state index contributed by atoms with van der Waals surface area (Å²) in [6.07, 6.45) is 2.77. The number of amides is 4. The first-order chi connectivity index (χ1) is 23.7. The summed E-state index contributed by atoms with van der Waals surface area (Å²) >= 11 is 0. The molecule has 5 N–H and O–H groups in total. The predicted octanol–water partition coefficient (Wildman–Crippen LogP) is 5.37. The van der Waals surface area contributed by atoms with Crippen LogP contribution < -0.4 is 16.0 Å². The normalized spacial score (nSPS) is 13.0. The molecular formula is C39H46N6O5. The van der Waals surface area contributed by atoms with E-state index >= 15 is 0 Å². The number of benzene rings is 3. The van der Waals surface area contributed by atoms with Gasteiger partial charge >= 0.3 is 6.09 Å². The van der Waals surface area contributed by atoms with Crippen LogP contribution in [0.3, 0.4) is 0 Å². The number of hydrogen-bond acceptors (Lipinski definition) is 5. The lowest BCUT2D eigenvalue weighted by atomic mass is 9.99. The smallest absolute Gasteiger partial charge is 0.410 e. The number of fused-ring (bicyclic) bond motifs is 2. The van der Waals surface area contributed by atoms with E-state index < -0.39 is 41.3 Å². The zero-order chi connectivity index (χ0) is 36.1. The van der Waals surface area contributed by atoms with Crippen LogP contribution in [0.2, 0.25) is 0 Å². The number of rotatable bonds is 12. The van der Waals surface area contributed by atoms with Crippen molar-refractivity contribution in [1.29, 1.82) is 0 Å². The topological polar surface area (TPSA) is 148 Å². The molecular weight excluding hydrogens is 632 g/mol. The van der Waals surface area contributed by atoms with Crippen LogP contribution in [0.15, 0.2) is 91.3 Å². The molecule has 0 fully saturated rings. The van der Waals surface area contributed by atoms with Gasteiger partial charge in [-0.1, -0.05) is 66.7 Å². The Morgan fingerprint density at radius 3 is 1.84 bits per heavy atom. The maximum Gasteiger partial charge on any atom is 0.410 e. The fourth-order valence-electron chi connectivity index (χ4n) is 5.73. The molecule has 0 radical (unpaired) electrons. The highest BCUT2D eigenvalue weighted by atomic mass is 16.6. The third-order valence-corrected chi connectivity index (χ3v) is 8.74. The minimum atomic E-state index is -1.38. The predicted molar refractivity (Wildman–Crippen MR) is 194 cm³/mol. The number of carbonyl (C=O) groups excluding carboxylic acids is 4. The summed E-state index contributed by atoms with van der Waals surface area (Å²) in [6, 6.07) is 23.8. The zero-order valence-corrected chi connectivity index (χ0v) is 29.4. The van der Waals surface area contributed by atoms with Gasteiger partial charge in [0.15, 0.2) is 0 Å². The minimum absolute atomic E-state index is 0.127. The fourth-order valence-corrected chi connectivity index (χ4v) is 5.73. The molecule has 0 aliphatic rings. The highest BCUT2D eigenvalue weighted by Gasteiger charge is 2.39. The first kappa shape index (κ1) is 35.7. The Hall–Kier alpha value is -5.58. The number of hydrogen-bond donors (Lipinski definition) is 5. The van der Waals surface area contributed by atoms with Gasteiger partial charge in [-0.05, 0) is 63.4 Å². The molecule has 0 aliphatic heterocycles. The van der Waals surface area contributed by atoms with Crippen LogP contribution in [0.5, 0.6) is 0 Å². The van der Waals surface area contributed by atoms with Crippen LogP contribution >= 0.6 is 0 Å². The molecule has 0 saturated carbocycles. The Morgan fingerprint density at radius 2 is 1.26 bits per heavy atom. The zero-order valence-electron chi connectivity index (χ0n) is 29.4. The summed E-state index contributed by atoms with van der Waals surface area (Å²) in [4.78, 5) is 62.2. The molecule has 0 unspecified atom stereocenters. The first-order valence-electron chi connectivity index (χ1n) is 16.7. The van der Waals surface area contributed by atoms with Gasteiger partial charge in [-0.3, -0.25) is 19.3 Å². The average Bonchev–Trinajstić information content (AvgIpc) is 3.67. The van der Waals surface area contributed by atoms with Gasteiger partial charge in [0.1, 0.15) is 23.3 Å². The highest BCUT2D eigenvalue weighted by molar-refractivity contribution is 5.94. The van der Waals surface area contributed by atoms with E-state index in [0.717, 1.165) is 38.5 Å². The van der Waals surface area contributed by atoms with Crippen LogP contribution in [0.4, 0.5) is 4.79 Å². The molecule has 5 aromatic rings. The lowest BCUT2D eigenvalue weighted by Gasteiger charge is -2.36. The van der Waals surface area contributed by atoms with E-state index in [4.69, 9.17) is 4.74 Å². The fraction of sp³-hybridized carbons (Fsp3) is 0.333. The average molecular weight is 679 g/mol. The van der Waals surface area contributed by atoms with E-state index in [9.17, 15) is 19.2 Å². The number of aromatic amines is 2. The van der Waals surface area contributed by atoms with Crippen LogP contribution in [-0.2, 0) is 38.4 Å². The first-order valence-corrected chi connectivity index (χ1v) is 16.7. The van der Waals surface area contributed by atoms with Gasteiger partial charge in [0.05, 0.1) is 6.42 Å². The van der Waals surface area contributed by atoms with Crippen molar-refractivity contribution < 1.29 is 23.9 Å². The maximum atomic E-state index is 14.3. The van der Waals surface area contributed by atoms with Gasteiger partial charge in [0, 0.05) is 54.1 Å². The minimum Gasteiger partial charge on any atom is -0.444 e. The number of nitrogens with zero attached hydrogens (tertiary/aromatic N) is 1. The molecule has 2 heterocycles. The second-order valence-corrected chi connectivity index (χ2v) is 14.0. The Morgan fingerprint density at radius 1 is 0.720 bits per heavy atom. The monoisotopic (exact) mass is 678 g/mol. The second kappa shape index (κ2) is 14.9. The van der Waals surface area contributed by atoms with Gasteiger partial charge in [-0.25, -0.2) is 4.79 Å². The van der Waals surface area contributed by atoms with Crippen molar-refractivity contribution in [2.45, 2.75) is 77.2 Å². The Bertz CT molecular complexity index is 1970. The van der Waals surface area contributed by atoms with Crippen LogP contribution in [-0.4, -0.2) is 69.1 Å². The largest absolute Gasteiger partial charge is 0.444 e. The van der Waals surface area contributed by atoms with Gasteiger partial charge in [-0.2, -0.15) is 0 Å². The van der Waals surface area contributed by atoms with Gasteiger partial charge in [0.2, 0.25) is 17.7 Å². The lowest BCUT2D eigenvalue weighted by molar-refractivity contribution is -0.135. The third-order valence-electron chi connectivity index (χ3n) is 8.74. The molecule has 0 bridgehead atoms. The van der Waals surface area contributed by atoms with Crippen LogP contribution in [0.25, 0.3) is 21.8 Å². The maximum absolute atomic E-state index is 14.3. The standard InChI is InChI=1S/C39H46N6O5/c1-38(2,3)50-37(49)45(6)39(4,5)36(48)42-32(21-26-23-40-30-18-12-10-16-28(26)30)35(47)44-33(43-34(46)20-25-14-8-7-9-15-25)22-27-24-41-31-19-13-11-17-29(27)31/h7-19,23-24,32-33,40-41H,20-22H2,1-6H3,(H,42,48)(H,43,46)(H,44,47)/t32-,33-/m1/s1. The van der Waals surface area contributed by atoms with Crippen molar-refractivity contribution in [1.82, 2.24) is 30.8 Å². The van der Waals surface area contributed by atoms with E-state index in [1.165, 1.54) is 11.9 Å². The summed E-state index contributed by atoms with van der Waals surface area (Å²) in [7, 11) is 1.49. The number of nitrogens with one attached hydrogen (secondary N) is 5. The van der Waals surface area contributed by atoms with Crippen molar-refractivity contribution >= 4 is 45.6 Å². The molecule has 0 saturated heterocycles. The van der Waals surface area contributed by atoms with Gasteiger partial charge in [-0.15, -0.1) is 0 Å². The molecule has 5 rings (SSSR count). The molecule has 50 heavy (non-hydrogen) atoms. The van der Waals surface area contributed by atoms with Crippen molar-refractivity contribution in [3.05, 3.63) is 108 Å². The van der Waals surface area contributed by atoms with Crippen molar-refractivity contribution in [2.75, 3.05) is 7.05 Å². The lowest BCUT2D eigenvalue weighted by Crippen LogP contribution is -2.61. The van der Waals surface area contributed by atoms with Crippen molar-refractivity contribution in [3.63, 3.8) is 0 Å². The highest BCUT2D eigenvalue weighted by Crippen LogP contribution is 2.22. The summed E-state index contributed by atoms with van der Waals surface area (Å²) in [5.74, 6) is -1.31. The van der Waals surface area contributed by atoms with Crippen molar-refractivity contribution in [3.8, 4) is 0 Å². The molecule has 0 spiro atoms. The van der Waals surface area contributed by atoms with Crippen molar-refractivity contribution in [2.24, 2.45) is 0 Å². The Labute approximate surface area is 292 Å². The Kier molecular flexibility index (Phi) is 10.6. The van der Waals surface area contributed by atoms with E-state index in [1.807, 2.05) is 91.3 Å². The number of para-hydroxylation sites is 2. The quantitative estimate of drug-likeness (QED) is 0.113. The van der Waals surface area contributed by atoms with Gasteiger partial charge < -0.3 is 30.7 Å². The molecule has 11 nitrogen and oxygen atoms in total. The van der Waals surface area contributed by atoms with E-state index in [2.05, 4.69) is 25.9 Å². The SMILES string of the molecule is CN(C(=O)OC(C)(C)C)C(C)(C)C(=O)N[C@H](Cc1c[nH]c2ccccc12)C(=O)N[C@H](Cc1c[nH]c2ccccc12)NC(=O)Cc1ccccc1. The molecule has 2 atom stereocenters. The third kappa shape index (κ3) is 8.71. The summed E-state index contributed by atoms with van der Waals surface area (Å²) in [5, 5.41) is 10.8. The van der Waals surface area contributed by atoms with Crippen LogP contribution in [0.1, 0.15) is 51.3 Å². The van der Waals surface area contributed by atoms with E-state index in [0.29, 0.717) is 0 Å². The summed E-state index contributed by atoms with van der Waals surface area (Å²) in [6.45, 7) is 8.43. The van der Waals surface area contributed by atoms with Crippen LogP contribution in [0, 0.1) is 0 Å². The second-order valence-electron chi connectivity index (χ2n) is 14.0. The molecule has 262 valence electrons. The number of aromatic nitrogens is 2. The number of likely N-dealkylation sites (N-methyl/N-ethyl adjacent to an activating group) is 1. The molecule has 2 aromatic heterocycles. The van der Waals surface area contributed by atoms with E-state index in [-0.39, 0.29) is 25.2 Å². The summed E-state index contributed by atoms with van der Waals surface area (Å²) < 4.78 is 5.52.